The third kappa shape index (κ3) is 5.15. The van der Waals surface area contributed by atoms with E-state index in [1.165, 1.54) is 65.5 Å². The summed E-state index contributed by atoms with van der Waals surface area (Å²) in [5.41, 5.74) is -2.61. The van der Waals surface area contributed by atoms with Crippen LogP contribution in [0.4, 0.5) is 22.0 Å². The molecule has 0 saturated carbocycles. The van der Waals surface area contributed by atoms with Crippen LogP contribution in [0, 0.1) is 11.6 Å². The zero-order valence-electron chi connectivity index (χ0n) is 18.7. The van der Waals surface area contributed by atoms with Crippen LogP contribution in [0.1, 0.15) is 18.5 Å². The van der Waals surface area contributed by atoms with Crippen molar-refractivity contribution in [3.63, 3.8) is 0 Å². The summed E-state index contributed by atoms with van der Waals surface area (Å²) in [5.74, 6) is -1.88. The molecule has 0 aliphatic rings. The summed E-state index contributed by atoms with van der Waals surface area (Å²) in [7, 11) is 0. The molecule has 0 aliphatic heterocycles. The fourth-order valence-corrected chi connectivity index (χ4v) is 3.82. The smallest absolute Gasteiger partial charge is 0.422 e. The maximum Gasteiger partial charge on any atom is 0.422 e. The predicted molar refractivity (Wildman–Crippen MR) is 117 cm³/mol. The number of alkyl halides is 3. The first-order valence-electron chi connectivity index (χ1n) is 10.6. The number of ether oxygens (including phenoxy) is 1. The van der Waals surface area contributed by atoms with Crippen LogP contribution in [0.3, 0.4) is 0 Å². The van der Waals surface area contributed by atoms with Gasteiger partial charge < -0.3 is 9.84 Å². The molecule has 13 heteroatoms. The number of hydrogen-bond donors (Lipinski definition) is 1. The van der Waals surface area contributed by atoms with Crippen molar-refractivity contribution in [1.82, 2.24) is 23.9 Å². The molecule has 8 nitrogen and oxygen atoms in total. The third-order valence-corrected chi connectivity index (χ3v) is 5.70. The summed E-state index contributed by atoms with van der Waals surface area (Å²) < 4.78 is 73.7. The normalized spacial score (nSPS) is 14.4. The Kier molecular flexibility index (Phi) is 6.67. The van der Waals surface area contributed by atoms with Crippen molar-refractivity contribution in [1.29, 1.82) is 0 Å². The first-order valence-corrected chi connectivity index (χ1v) is 10.6. The maximum atomic E-state index is 14.8. The first-order chi connectivity index (χ1) is 17.0. The van der Waals surface area contributed by atoms with E-state index < -0.39 is 41.8 Å². The molecule has 0 spiro atoms. The van der Waals surface area contributed by atoms with E-state index in [9.17, 15) is 31.9 Å². The standard InChI is InChI=1S/C23H20F5N5O3/c1-15(22(35,11-31-14-29-13-30-31)19-7-2-16(24)10-20(19)25)32-8-9-33(21(32)34)17-3-5-18(6-4-17)36-12-23(26,27)28/h2-10,13-15,35H,11-12H2,1H3/t15-,22-/m1/s1. The van der Waals surface area contributed by atoms with Crippen molar-refractivity contribution in [3.05, 3.63) is 95.2 Å². The molecule has 36 heavy (non-hydrogen) atoms. The predicted octanol–water partition coefficient (Wildman–Crippen LogP) is 3.60. The highest BCUT2D eigenvalue weighted by Gasteiger charge is 2.41. The molecule has 190 valence electrons. The molecule has 0 saturated heterocycles. The minimum atomic E-state index is -4.49. The SMILES string of the molecule is C[C@@H](n1ccn(-c2ccc(OCC(F)(F)F)cc2)c1=O)[C@](O)(Cn1cncn1)c1ccc(F)cc1F. The lowest BCUT2D eigenvalue weighted by Crippen LogP contribution is -2.43. The fraction of sp³-hybridized carbons (Fsp3) is 0.261. The van der Waals surface area contributed by atoms with Crippen LogP contribution < -0.4 is 10.4 Å². The van der Waals surface area contributed by atoms with Gasteiger partial charge in [0.25, 0.3) is 0 Å². The van der Waals surface area contributed by atoms with Crippen molar-refractivity contribution in [2.75, 3.05) is 6.61 Å². The molecule has 4 rings (SSSR count). The number of hydrogen-bond acceptors (Lipinski definition) is 5. The van der Waals surface area contributed by atoms with Gasteiger partial charge >= 0.3 is 11.9 Å². The molecule has 2 aromatic carbocycles. The lowest BCUT2D eigenvalue weighted by atomic mass is 9.86. The molecule has 0 radical (unpaired) electrons. The zero-order chi connectivity index (χ0) is 26.1. The summed E-state index contributed by atoms with van der Waals surface area (Å²) >= 11 is 0. The summed E-state index contributed by atoms with van der Waals surface area (Å²) in [6.45, 7) is -0.274. The average Bonchev–Trinajstić information content (AvgIpc) is 3.46. The van der Waals surface area contributed by atoms with Gasteiger partial charge in [-0.25, -0.2) is 23.2 Å². The highest BCUT2D eigenvalue weighted by Crippen LogP contribution is 2.36. The molecule has 0 aliphatic carbocycles. The minimum absolute atomic E-state index is 0.0362. The van der Waals surface area contributed by atoms with E-state index in [0.29, 0.717) is 11.8 Å². The van der Waals surface area contributed by atoms with E-state index in [1.807, 2.05) is 0 Å². The van der Waals surface area contributed by atoms with Crippen molar-refractivity contribution in [3.8, 4) is 11.4 Å². The van der Waals surface area contributed by atoms with Crippen LogP contribution in [-0.2, 0) is 12.1 Å². The number of imidazole rings is 1. The van der Waals surface area contributed by atoms with Crippen LogP contribution in [0.5, 0.6) is 5.75 Å². The van der Waals surface area contributed by atoms with Gasteiger partial charge in [-0.2, -0.15) is 18.3 Å². The third-order valence-electron chi connectivity index (χ3n) is 5.70. The number of aliphatic hydroxyl groups is 1. The number of halogens is 5. The largest absolute Gasteiger partial charge is 0.484 e. The lowest BCUT2D eigenvalue weighted by molar-refractivity contribution is -0.153. The van der Waals surface area contributed by atoms with Crippen LogP contribution in [0.2, 0.25) is 0 Å². The maximum absolute atomic E-state index is 14.8. The molecule has 4 aromatic rings. The van der Waals surface area contributed by atoms with E-state index >= 15 is 0 Å². The fourth-order valence-electron chi connectivity index (χ4n) is 3.82. The van der Waals surface area contributed by atoms with Crippen molar-refractivity contribution in [2.45, 2.75) is 31.3 Å². The van der Waals surface area contributed by atoms with Crippen LogP contribution >= 0.6 is 0 Å². The summed E-state index contributed by atoms with van der Waals surface area (Å²) in [4.78, 5) is 17.0. The van der Waals surface area contributed by atoms with Gasteiger partial charge in [-0.1, -0.05) is 6.07 Å². The van der Waals surface area contributed by atoms with Gasteiger partial charge in [-0.05, 0) is 37.3 Å². The first kappa shape index (κ1) is 25.1. The van der Waals surface area contributed by atoms with E-state index in [2.05, 4.69) is 14.8 Å². The Morgan fingerprint density at radius 2 is 1.81 bits per heavy atom. The molecule has 0 fully saturated rings. The molecular weight excluding hydrogens is 489 g/mol. The summed E-state index contributed by atoms with van der Waals surface area (Å²) in [5, 5.41) is 15.6. The summed E-state index contributed by atoms with van der Waals surface area (Å²) in [6, 6.07) is 6.99. The van der Waals surface area contributed by atoms with E-state index in [4.69, 9.17) is 0 Å². The van der Waals surface area contributed by atoms with Crippen LogP contribution in [0.15, 0.2) is 72.3 Å². The molecule has 0 unspecified atom stereocenters. The Labute approximate surface area is 200 Å². The van der Waals surface area contributed by atoms with Gasteiger partial charge in [-0.15, -0.1) is 0 Å². The highest BCUT2D eigenvalue weighted by molar-refractivity contribution is 5.37. The molecule has 0 amide bonds. The highest BCUT2D eigenvalue weighted by atomic mass is 19.4. The lowest BCUT2D eigenvalue weighted by Gasteiger charge is -2.35. The molecule has 0 bridgehead atoms. The Morgan fingerprint density at radius 1 is 1.08 bits per heavy atom. The van der Waals surface area contributed by atoms with E-state index in [1.54, 1.807) is 0 Å². The quantitative estimate of drug-likeness (QED) is 0.367. The van der Waals surface area contributed by atoms with Crippen molar-refractivity contribution < 1.29 is 31.8 Å². The van der Waals surface area contributed by atoms with Crippen LogP contribution in [0.25, 0.3) is 5.69 Å². The summed E-state index contributed by atoms with van der Waals surface area (Å²) in [6.07, 6.45) is 0.790. The Hall–Kier alpha value is -4.00. The number of aromatic nitrogens is 5. The van der Waals surface area contributed by atoms with Gasteiger partial charge in [0.1, 0.15) is 35.6 Å². The Bertz CT molecular complexity index is 1380. The Morgan fingerprint density at radius 3 is 2.42 bits per heavy atom. The van der Waals surface area contributed by atoms with Crippen molar-refractivity contribution in [2.24, 2.45) is 0 Å². The second-order valence-electron chi connectivity index (χ2n) is 8.07. The average molecular weight is 509 g/mol. The Balaban J connectivity index is 1.67. The molecule has 2 heterocycles. The number of nitrogens with zero attached hydrogens (tertiary/aromatic N) is 5. The zero-order valence-corrected chi connectivity index (χ0v) is 18.7. The molecule has 2 atom stereocenters. The van der Waals surface area contributed by atoms with E-state index in [-0.39, 0.29) is 17.9 Å². The molecule has 1 N–H and O–H groups in total. The number of benzene rings is 2. The topological polar surface area (TPSA) is 87.1 Å². The van der Waals surface area contributed by atoms with Gasteiger partial charge in [0, 0.05) is 24.0 Å². The van der Waals surface area contributed by atoms with Gasteiger partial charge in [0.2, 0.25) is 0 Å². The second kappa shape index (κ2) is 9.57. The number of rotatable bonds is 8. The second-order valence-corrected chi connectivity index (χ2v) is 8.07. The van der Waals surface area contributed by atoms with Gasteiger partial charge in [-0.3, -0.25) is 9.13 Å². The van der Waals surface area contributed by atoms with E-state index in [0.717, 1.165) is 16.7 Å². The monoisotopic (exact) mass is 509 g/mol. The van der Waals surface area contributed by atoms with Gasteiger partial charge in [0.05, 0.1) is 18.3 Å². The van der Waals surface area contributed by atoms with Gasteiger partial charge in [0.15, 0.2) is 6.61 Å². The van der Waals surface area contributed by atoms with Crippen LogP contribution in [-0.4, -0.2) is 41.8 Å². The van der Waals surface area contributed by atoms with Crippen molar-refractivity contribution >= 4 is 0 Å². The molecule has 2 aromatic heterocycles. The minimum Gasteiger partial charge on any atom is -0.484 e. The molecular formula is C23H20F5N5O3.